The fourth-order valence-electron chi connectivity index (χ4n) is 2.05. The molecular formula is C15H10ClN3O3. The third kappa shape index (κ3) is 2.68. The van der Waals surface area contributed by atoms with Crippen molar-refractivity contribution < 1.29 is 9.45 Å². The molecule has 0 fully saturated rings. The number of halogens is 1. The molecule has 0 atom stereocenters. The predicted octanol–water partition coefficient (Wildman–Crippen LogP) is 4.27. The van der Waals surface area contributed by atoms with Crippen LogP contribution in [0.25, 0.3) is 22.8 Å². The molecule has 22 heavy (non-hydrogen) atoms. The zero-order valence-corrected chi connectivity index (χ0v) is 12.2. The van der Waals surface area contributed by atoms with Crippen LogP contribution in [0.5, 0.6) is 0 Å². The highest BCUT2D eigenvalue weighted by Gasteiger charge is 2.15. The largest absolute Gasteiger partial charge is 0.334 e. The zero-order chi connectivity index (χ0) is 15.7. The molecule has 3 rings (SSSR count). The van der Waals surface area contributed by atoms with Gasteiger partial charge in [0.2, 0.25) is 5.82 Å². The van der Waals surface area contributed by atoms with Crippen LogP contribution in [0.3, 0.4) is 0 Å². The van der Waals surface area contributed by atoms with E-state index in [1.807, 2.05) is 0 Å². The van der Waals surface area contributed by atoms with E-state index in [0.29, 0.717) is 27.9 Å². The average Bonchev–Trinajstić information content (AvgIpc) is 2.97. The number of nitrogens with zero attached hydrogens (tertiary/aromatic N) is 3. The number of nitro groups is 1. The van der Waals surface area contributed by atoms with E-state index >= 15 is 0 Å². The maximum Gasteiger partial charge on any atom is 0.272 e. The van der Waals surface area contributed by atoms with Crippen LogP contribution in [0, 0.1) is 17.0 Å². The summed E-state index contributed by atoms with van der Waals surface area (Å²) in [7, 11) is 0. The number of aromatic nitrogens is 2. The monoisotopic (exact) mass is 315 g/mol. The summed E-state index contributed by atoms with van der Waals surface area (Å²) in [4.78, 5) is 14.7. The van der Waals surface area contributed by atoms with Gasteiger partial charge in [0.15, 0.2) is 0 Å². The van der Waals surface area contributed by atoms with Gasteiger partial charge in [-0.15, -0.1) is 0 Å². The van der Waals surface area contributed by atoms with E-state index in [0.717, 1.165) is 5.56 Å². The van der Waals surface area contributed by atoms with Crippen LogP contribution in [0.4, 0.5) is 5.69 Å². The molecule has 1 aromatic heterocycles. The Labute approximate surface area is 130 Å². The minimum Gasteiger partial charge on any atom is -0.334 e. The maximum atomic E-state index is 10.8. The van der Waals surface area contributed by atoms with Gasteiger partial charge in [0.05, 0.1) is 4.92 Å². The molecule has 0 radical (unpaired) electrons. The van der Waals surface area contributed by atoms with Gasteiger partial charge >= 0.3 is 0 Å². The third-order valence-electron chi connectivity index (χ3n) is 3.17. The van der Waals surface area contributed by atoms with Crippen LogP contribution in [0.2, 0.25) is 5.02 Å². The highest BCUT2D eigenvalue weighted by atomic mass is 35.5. The molecule has 0 spiro atoms. The summed E-state index contributed by atoms with van der Waals surface area (Å²) >= 11 is 5.84. The molecule has 0 saturated carbocycles. The fourth-order valence-corrected chi connectivity index (χ4v) is 2.18. The summed E-state index contributed by atoms with van der Waals surface area (Å²) in [6.07, 6.45) is 0. The van der Waals surface area contributed by atoms with Crippen molar-refractivity contribution in [2.24, 2.45) is 0 Å². The van der Waals surface area contributed by atoms with Gasteiger partial charge in [0.1, 0.15) is 0 Å². The molecule has 0 aliphatic carbocycles. The first-order chi connectivity index (χ1) is 10.5. The molecular weight excluding hydrogens is 306 g/mol. The van der Waals surface area contributed by atoms with Crippen LogP contribution >= 0.6 is 11.6 Å². The summed E-state index contributed by atoms with van der Waals surface area (Å²) in [5.41, 5.74) is 2.01. The number of nitro benzene ring substituents is 1. The van der Waals surface area contributed by atoms with Crippen molar-refractivity contribution in [3.05, 3.63) is 63.2 Å². The summed E-state index contributed by atoms with van der Waals surface area (Å²) in [6, 6.07) is 11.7. The Morgan fingerprint density at radius 1 is 1.14 bits per heavy atom. The SMILES string of the molecule is Cc1cc(-c2noc(-c3ccc(Cl)cc3)n2)ccc1[N+](=O)[O-]. The predicted molar refractivity (Wildman–Crippen MR) is 81.6 cm³/mol. The Morgan fingerprint density at radius 2 is 1.82 bits per heavy atom. The zero-order valence-electron chi connectivity index (χ0n) is 11.5. The highest BCUT2D eigenvalue weighted by molar-refractivity contribution is 6.30. The quantitative estimate of drug-likeness (QED) is 0.532. The molecule has 0 bridgehead atoms. The van der Waals surface area contributed by atoms with Gasteiger partial charge in [-0.05, 0) is 43.3 Å². The van der Waals surface area contributed by atoms with Crippen molar-refractivity contribution in [2.75, 3.05) is 0 Å². The molecule has 7 heteroatoms. The topological polar surface area (TPSA) is 82.1 Å². The lowest BCUT2D eigenvalue weighted by Gasteiger charge is -1.98. The van der Waals surface area contributed by atoms with Gasteiger partial charge in [-0.2, -0.15) is 4.98 Å². The van der Waals surface area contributed by atoms with E-state index in [-0.39, 0.29) is 5.69 Å². The van der Waals surface area contributed by atoms with Crippen LogP contribution in [0.15, 0.2) is 47.0 Å². The molecule has 0 saturated heterocycles. The number of aryl methyl sites for hydroxylation is 1. The standard InChI is InChI=1S/C15H10ClN3O3/c1-9-8-11(4-7-13(9)19(20)21)14-17-15(22-18-14)10-2-5-12(16)6-3-10/h2-8H,1H3. The lowest BCUT2D eigenvalue weighted by Crippen LogP contribution is -1.92. The van der Waals surface area contributed by atoms with Crippen LogP contribution in [-0.2, 0) is 0 Å². The lowest BCUT2D eigenvalue weighted by atomic mass is 10.1. The van der Waals surface area contributed by atoms with Crippen molar-refractivity contribution in [2.45, 2.75) is 6.92 Å². The Bertz CT molecular complexity index is 843. The minimum absolute atomic E-state index is 0.0603. The second-order valence-electron chi connectivity index (χ2n) is 4.69. The van der Waals surface area contributed by atoms with Crippen molar-refractivity contribution in [3.8, 4) is 22.8 Å². The molecule has 6 nitrogen and oxygen atoms in total. The fraction of sp³-hybridized carbons (Fsp3) is 0.0667. The Kier molecular flexibility index (Phi) is 3.60. The van der Waals surface area contributed by atoms with Crippen LogP contribution in [0.1, 0.15) is 5.56 Å². The van der Waals surface area contributed by atoms with Crippen molar-refractivity contribution in [1.82, 2.24) is 10.1 Å². The summed E-state index contributed by atoms with van der Waals surface area (Å²) in [5.74, 6) is 0.741. The Hall–Kier alpha value is -2.73. The molecule has 110 valence electrons. The minimum atomic E-state index is -0.422. The lowest BCUT2D eigenvalue weighted by molar-refractivity contribution is -0.385. The van der Waals surface area contributed by atoms with E-state index in [2.05, 4.69) is 10.1 Å². The van der Waals surface area contributed by atoms with E-state index in [9.17, 15) is 10.1 Å². The maximum absolute atomic E-state index is 10.8. The van der Waals surface area contributed by atoms with Crippen LogP contribution in [-0.4, -0.2) is 15.1 Å². The first-order valence-electron chi connectivity index (χ1n) is 6.39. The summed E-state index contributed by atoms with van der Waals surface area (Å²) in [5, 5.41) is 15.4. The first-order valence-corrected chi connectivity index (χ1v) is 6.77. The molecule has 0 unspecified atom stereocenters. The van der Waals surface area contributed by atoms with Crippen molar-refractivity contribution >= 4 is 17.3 Å². The van der Waals surface area contributed by atoms with Gasteiger partial charge < -0.3 is 4.52 Å². The van der Waals surface area contributed by atoms with E-state index in [1.54, 1.807) is 43.3 Å². The normalized spacial score (nSPS) is 10.6. The number of rotatable bonds is 3. The average molecular weight is 316 g/mol. The van der Waals surface area contributed by atoms with E-state index in [4.69, 9.17) is 16.1 Å². The number of benzene rings is 2. The Morgan fingerprint density at radius 3 is 2.45 bits per heavy atom. The van der Waals surface area contributed by atoms with Crippen LogP contribution < -0.4 is 0 Å². The molecule has 0 aliphatic heterocycles. The molecule has 0 amide bonds. The molecule has 1 heterocycles. The van der Waals surface area contributed by atoms with Gasteiger partial charge in [-0.25, -0.2) is 0 Å². The smallest absolute Gasteiger partial charge is 0.272 e. The van der Waals surface area contributed by atoms with E-state index in [1.165, 1.54) is 6.07 Å². The Balaban J connectivity index is 1.95. The molecule has 2 aromatic carbocycles. The second kappa shape index (κ2) is 5.57. The second-order valence-corrected chi connectivity index (χ2v) is 5.12. The molecule has 3 aromatic rings. The molecule has 0 aliphatic rings. The van der Waals surface area contributed by atoms with Gasteiger partial charge in [-0.1, -0.05) is 16.8 Å². The number of hydrogen-bond donors (Lipinski definition) is 0. The van der Waals surface area contributed by atoms with E-state index < -0.39 is 4.92 Å². The van der Waals surface area contributed by atoms with Crippen molar-refractivity contribution in [3.63, 3.8) is 0 Å². The van der Waals surface area contributed by atoms with Gasteiger partial charge in [-0.3, -0.25) is 10.1 Å². The third-order valence-corrected chi connectivity index (χ3v) is 3.42. The number of hydrogen-bond acceptors (Lipinski definition) is 5. The van der Waals surface area contributed by atoms with Crippen molar-refractivity contribution in [1.29, 1.82) is 0 Å². The van der Waals surface area contributed by atoms with Gasteiger partial charge in [0, 0.05) is 27.8 Å². The summed E-state index contributed by atoms with van der Waals surface area (Å²) in [6.45, 7) is 1.67. The highest BCUT2D eigenvalue weighted by Crippen LogP contribution is 2.26. The summed E-state index contributed by atoms with van der Waals surface area (Å²) < 4.78 is 5.22. The van der Waals surface area contributed by atoms with Gasteiger partial charge in [0.25, 0.3) is 11.6 Å². The molecule has 0 N–H and O–H groups in total. The first kappa shape index (κ1) is 14.2.